The fraction of sp³-hybridized carbons (Fsp3) is 0.304. The monoisotopic (exact) mass is 438 g/mol. The molecule has 0 aliphatic carbocycles. The van der Waals surface area contributed by atoms with Crippen LogP contribution in [0.4, 0.5) is 15.8 Å². The molecule has 2 aromatic carbocycles. The van der Waals surface area contributed by atoms with Gasteiger partial charge in [-0.1, -0.05) is 56.8 Å². The van der Waals surface area contributed by atoms with Crippen LogP contribution in [0.1, 0.15) is 32.8 Å². The molecule has 8 heteroatoms. The number of nitrogens with zero attached hydrogens (tertiary/aromatic N) is 3. The fourth-order valence-corrected chi connectivity index (χ4v) is 4.53. The number of para-hydroxylation sites is 2. The molecule has 0 spiro atoms. The van der Waals surface area contributed by atoms with E-state index in [1.54, 1.807) is 12.1 Å². The molecule has 0 aromatic heterocycles. The first kappa shape index (κ1) is 21.2. The third-order valence-electron chi connectivity index (χ3n) is 5.17. The summed E-state index contributed by atoms with van der Waals surface area (Å²) in [5, 5.41) is 2.50. The molecule has 0 unspecified atom stereocenters. The summed E-state index contributed by atoms with van der Waals surface area (Å²) in [6, 6.07) is 13.1. The molecule has 160 valence electrons. The molecule has 0 saturated carbocycles. The highest BCUT2D eigenvalue weighted by Gasteiger charge is 2.43. The Morgan fingerprint density at radius 1 is 1.19 bits per heavy atom. The summed E-state index contributed by atoms with van der Waals surface area (Å²) in [5.74, 6) is -0.375. The number of benzene rings is 2. The Morgan fingerprint density at radius 2 is 1.90 bits per heavy atom. The van der Waals surface area contributed by atoms with E-state index in [4.69, 9.17) is 0 Å². The summed E-state index contributed by atoms with van der Waals surface area (Å²) >= 11 is 1.20. The zero-order chi connectivity index (χ0) is 22.1. The number of amides is 2. The quantitative estimate of drug-likeness (QED) is 0.742. The molecule has 2 heterocycles. The second kappa shape index (κ2) is 8.63. The highest BCUT2D eigenvalue weighted by molar-refractivity contribution is 8.15. The van der Waals surface area contributed by atoms with Crippen molar-refractivity contribution >= 4 is 46.0 Å². The number of rotatable bonds is 5. The Labute approximate surface area is 184 Å². The number of fused-ring (bicyclic) bond motifs is 3. The maximum atomic E-state index is 14.0. The lowest BCUT2D eigenvalue weighted by molar-refractivity contribution is -0.125. The second-order valence-corrected chi connectivity index (χ2v) is 8.88. The average Bonchev–Trinajstić information content (AvgIpc) is 3.11. The van der Waals surface area contributed by atoms with Gasteiger partial charge in [0.15, 0.2) is 5.17 Å². The predicted molar refractivity (Wildman–Crippen MR) is 122 cm³/mol. The zero-order valence-corrected chi connectivity index (χ0v) is 18.3. The molecule has 6 nitrogen and oxygen atoms in total. The van der Waals surface area contributed by atoms with Crippen LogP contribution in [-0.2, 0) is 9.59 Å². The Hall–Kier alpha value is -3.00. The molecule has 4 rings (SSSR count). The summed E-state index contributed by atoms with van der Waals surface area (Å²) < 4.78 is 14.0. The molecule has 2 aliphatic rings. The number of hydrogen-bond acceptors (Lipinski definition) is 5. The molecule has 2 atom stereocenters. The van der Waals surface area contributed by atoms with Crippen molar-refractivity contribution in [2.24, 2.45) is 15.9 Å². The summed E-state index contributed by atoms with van der Waals surface area (Å²) in [6.45, 7) is 5.78. The highest BCUT2D eigenvalue weighted by Crippen LogP contribution is 2.36. The van der Waals surface area contributed by atoms with Crippen molar-refractivity contribution in [1.29, 1.82) is 0 Å². The van der Waals surface area contributed by atoms with Crippen molar-refractivity contribution in [3.63, 3.8) is 0 Å². The third-order valence-corrected chi connectivity index (χ3v) is 6.49. The molecule has 0 radical (unpaired) electrons. The van der Waals surface area contributed by atoms with Crippen LogP contribution in [0, 0.1) is 11.7 Å². The predicted octanol–water partition coefficient (Wildman–Crippen LogP) is 4.59. The Bertz CT molecular complexity index is 1100. The van der Waals surface area contributed by atoms with Crippen molar-refractivity contribution in [2.45, 2.75) is 38.5 Å². The average molecular weight is 439 g/mol. The number of thioether (sulfide) groups is 1. The maximum absolute atomic E-state index is 14.0. The van der Waals surface area contributed by atoms with E-state index in [2.05, 4.69) is 15.3 Å². The van der Waals surface area contributed by atoms with Crippen LogP contribution in [0.25, 0.3) is 0 Å². The smallest absolute Gasteiger partial charge is 0.259 e. The maximum Gasteiger partial charge on any atom is 0.259 e. The standard InChI is InChI=1S/C23H23FN4O2S/c1-4-18(21(29)25-17-12-8-6-10-15(17)24)31-23-26-16-11-7-5-9-14(16)20-27-19(13(2)3)22(30)28(20)23/h5-13,18-19H,4H2,1-3H3,(H,25,29)/t18-,19-/m1/s1. The second-order valence-electron chi connectivity index (χ2n) is 7.71. The molecule has 0 saturated heterocycles. The normalized spacial score (nSPS) is 18.3. The molecule has 2 aliphatic heterocycles. The Balaban J connectivity index is 1.64. The van der Waals surface area contributed by atoms with E-state index in [9.17, 15) is 14.0 Å². The third kappa shape index (κ3) is 3.99. The lowest BCUT2D eigenvalue weighted by atomic mass is 10.1. The fourth-order valence-electron chi connectivity index (χ4n) is 3.51. The number of halogens is 1. The number of amidine groups is 2. The van der Waals surface area contributed by atoms with Crippen molar-refractivity contribution in [3.8, 4) is 0 Å². The number of aliphatic imine (C=N–C) groups is 2. The summed E-state index contributed by atoms with van der Waals surface area (Å²) in [7, 11) is 0. The molecular weight excluding hydrogens is 415 g/mol. The Morgan fingerprint density at radius 3 is 2.61 bits per heavy atom. The van der Waals surface area contributed by atoms with E-state index >= 15 is 0 Å². The molecule has 0 bridgehead atoms. The SMILES string of the molecule is CC[C@@H](SC1=Nc2ccccc2C2=N[C@H](C(C)C)C(=O)N12)C(=O)Nc1ccccc1F. The van der Waals surface area contributed by atoms with Crippen LogP contribution in [0.15, 0.2) is 58.5 Å². The van der Waals surface area contributed by atoms with Crippen molar-refractivity contribution in [1.82, 2.24) is 4.90 Å². The van der Waals surface area contributed by atoms with Crippen molar-refractivity contribution < 1.29 is 14.0 Å². The lowest BCUT2D eigenvalue weighted by Gasteiger charge is -2.27. The van der Waals surface area contributed by atoms with Crippen LogP contribution < -0.4 is 5.32 Å². The minimum atomic E-state index is -0.559. The van der Waals surface area contributed by atoms with Crippen molar-refractivity contribution in [2.75, 3.05) is 5.32 Å². The number of hydrogen-bond donors (Lipinski definition) is 1. The van der Waals surface area contributed by atoms with Crippen LogP contribution in [0.5, 0.6) is 0 Å². The van der Waals surface area contributed by atoms with Crippen LogP contribution in [0.3, 0.4) is 0 Å². The first-order chi connectivity index (χ1) is 14.9. The van der Waals surface area contributed by atoms with Gasteiger partial charge in [-0.15, -0.1) is 0 Å². The van der Waals surface area contributed by atoms with Crippen LogP contribution >= 0.6 is 11.8 Å². The van der Waals surface area contributed by atoms with E-state index in [-0.39, 0.29) is 23.4 Å². The molecule has 0 fully saturated rings. The topological polar surface area (TPSA) is 74.1 Å². The molecule has 31 heavy (non-hydrogen) atoms. The van der Waals surface area contributed by atoms with Gasteiger partial charge in [0.1, 0.15) is 17.7 Å². The van der Waals surface area contributed by atoms with Gasteiger partial charge in [-0.05, 0) is 36.6 Å². The van der Waals surface area contributed by atoms with Crippen LogP contribution in [-0.4, -0.2) is 39.0 Å². The lowest BCUT2D eigenvalue weighted by Crippen LogP contribution is -2.43. The van der Waals surface area contributed by atoms with Gasteiger partial charge >= 0.3 is 0 Å². The van der Waals surface area contributed by atoms with Gasteiger partial charge in [-0.2, -0.15) is 0 Å². The van der Waals surface area contributed by atoms with E-state index < -0.39 is 17.1 Å². The van der Waals surface area contributed by atoms with Gasteiger partial charge in [-0.25, -0.2) is 14.3 Å². The highest BCUT2D eigenvalue weighted by atomic mass is 32.2. The minimum absolute atomic E-state index is 0.0374. The Kier molecular flexibility index (Phi) is 5.91. The number of carbonyl (C=O) groups excluding carboxylic acids is 2. The largest absolute Gasteiger partial charge is 0.323 e. The summed E-state index contributed by atoms with van der Waals surface area (Å²) in [6.07, 6.45) is 0.480. The van der Waals surface area contributed by atoms with Gasteiger partial charge < -0.3 is 5.32 Å². The first-order valence-electron chi connectivity index (χ1n) is 10.2. The number of anilines is 1. The van der Waals surface area contributed by atoms with E-state index in [0.29, 0.717) is 23.1 Å². The van der Waals surface area contributed by atoms with Crippen molar-refractivity contribution in [3.05, 3.63) is 59.9 Å². The molecular formula is C23H23FN4O2S. The summed E-state index contributed by atoms with van der Waals surface area (Å²) in [5.41, 5.74) is 1.63. The molecule has 2 amide bonds. The van der Waals surface area contributed by atoms with E-state index in [0.717, 1.165) is 5.56 Å². The zero-order valence-electron chi connectivity index (χ0n) is 17.5. The van der Waals surface area contributed by atoms with Gasteiger partial charge in [-0.3, -0.25) is 14.6 Å². The number of carbonyl (C=O) groups is 2. The summed E-state index contributed by atoms with van der Waals surface area (Å²) in [4.78, 5) is 36.9. The van der Waals surface area contributed by atoms with Gasteiger partial charge in [0.25, 0.3) is 5.91 Å². The number of nitrogens with one attached hydrogen (secondary N) is 1. The van der Waals surface area contributed by atoms with Gasteiger partial charge in [0.2, 0.25) is 5.91 Å². The van der Waals surface area contributed by atoms with E-state index in [1.807, 2.05) is 45.0 Å². The minimum Gasteiger partial charge on any atom is -0.323 e. The molecule has 2 aromatic rings. The van der Waals surface area contributed by atoms with E-state index in [1.165, 1.54) is 28.8 Å². The van der Waals surface area contributed by atoms with Gasteiger partial charge in [0, 0.05) is 5.56 Å². The van der Waals surface area contributed by atoms with Gasteiger partial charge in [0.05, 0.1) is 16.6 Å². The first-order valence-corrected chi connectivity index (χ1v) is 11.1. The molecule has 1 N–H and O–H groups in total. The van der Waals surface area contributed by atoms with Crippen LogP contribution in [0.2, 0.25) is 0 Å².